The number of rotatable bonds is 7. The van der Waals surface area contributed by atoms with Crippen molar-refractivity contribution in [3.05, 3.63) is 54.1 Å². The molecule has 0 radical (unpaired) electrons. The van der Waals surface area contributed by atoms with Gasteiger partial charge in [-0.3, -0.25) is 9.69 Å². The Bertz CT molecular complexity index is 839. The summed E-state index contributed by atoms with van der Waals surface area (Å²) >= 11 is 0. The number of carbonyl (C=O) groups is 2. The average Bonchev–Trinajstić information content (AvgIpc) is 3.11. The molecule has 0 atom stereocenters. The number of benzene rings is 2. The van der Waals surface area contributed by atoms with Gasteiger partial charge in [0.2, 0.25) is 5.91 Å². The van der Waals surface area contributed by atoms with Crippen molar-refractivity contribution >= 4 is 23.3 Å². The lowest BCUT2D eigenvalue weighted by atomic mass is 9.87. The van der Waals surface area contributed by atoms with Crippen LogP contribution in [0.1, 0.15) is 39.2 Å². The van der Waals surface area contributed by atoms with E-state index in [0.717, 1.165) is 17.1 Å². The van der Waals surface area contributed by atoms with Crippen LogP contribution in [-0.4, -0.2) is 31.6 Å². The van der Waals surface area contributed by atoms with Gasteiger partial charge in [-0.1, -0.05) is 32.9 Å². The minimum Gasteiger partial charge on any atom is -0.494 e. The van der Waals surface area contributed by atoms with Crippen molar-refractivity contribution in [2.75, 3.05) is 29.9 Å². The number of urea groups is 1. The van der Waals surface area contributed by atoms with Crippen molar-refractivity contribution in [2.24, 2.45) is 0 Å². The van der Waals surface area contributed by atoms with Crippen molar-refractivity contribution in [3.63, 3.8) is 0 Å². The van der Waals surface area contributed by atoms with Crippen LogP contribution in [0.4, 0.5) is 16.2 Å². The summed E-state index contributed by atoms with van der Waals surface area (Å²) in [5.41, 5.74) is 2.93. The van der Waals surface area contributed by atoms with E-state index in [0.29, 0.717) is 32.5 Å². The molecule has 1 aliphatic heterocycles. The van der Waals surface area contributed by atoms with E-state index >= 15 is 0 Å². The molecule has 2 aromatic carbocycles. The van der Waals surface area contributed by atoms with E-state index in [4.69, 9.17) is 4.74 Å². The summed E-state index contributed by atoms with van der Waals surface area (Å²) in [6.45, 7) is 8.34. The molecular formula is C23H29N3O3. The zero-order valence-electron chi connectivity index (χ0n) is 17.3. The van der Waals surface area contributed by atoms with Gasteiger partial charge in [0.15, 0.2) is 0 Å². The van der Waals surface area contributed by atoms with Crippen molar-refractivity contribution in [1.82, 2.24) is 5.32 Å². The quantitative estimate of drug-likeness (QED) is 0.686. The molecule has 6 heteroatoms. The fourth-order valence-electron chi connectivity index (χ4n) is 3.14. The SMILES string of the molecule is CC(C)(C)c1ccc(OCCCC(=O)Nc2ccc(N3CCNC3=O)cc2)cc1. The summed E-state index contributed by atoms with van der Waals surface area (Å²) in [6.07, 6.45) is 1.02. The minimum atomic E-state index is -0.0881. The second kappa shape index (κ2) is 8.99. The summed E-state index contributed by atoms with van der Waals surface area (Å²) < 4.78 is 5.73. The molecule has 0 saturated carbocycles. The number of hydrogen-bond donors (Lipinski definition) is 2. The molecule has 29 heavy (non-hydrogen) atoms. The number of ether oxygens (including phenoxy) is 1. The number of nitrogens with one attached hydrogen (secondary N) is 2. The van der Waals surface area contributed by atoms with Gasteiger partial charge in [0.25, 0.3) is 0 Å². The molecule has 1 saturated heterocycles. The monoisotopic (exact) mass is 395 g/mol. The van der Waals surface area contributed by atoms with Gasteiger partial charge in [-0.25, -0.2) is 4.79 Å². The average molecular weight is 396 g/mol. The van der Waals surface area contributed by atoms with Crippen LogP contribution in [0.5, 0.6) is 5.75 Å². The normalized spacial score (nSPS) is 13.9. The first-order valence-corrected chi connectivity index (χ1v) is 10.0. The van der Waals surface area contributed by atoms with Crippen LogP contribution < -0.4 is 20.3 Å². The van der Waals surface area contributed by atoms with Crippen LogP contribution in [0.15, 0.2) is 48.5 Å². The van der Waals surface area contributed by atoms with Gasteiger partial charge >= 0.3 is 6.03 Å². The standard InChI is InChI=1S/C23H29N3O3/c1-23(2,3)17-6-12-20(13-7-17)29-16-4-5-21(27)25-18-8-10-19(11-9-18)26-15-14-24-22(26)28/h6-13H,4-5,14-16H2,1-3H3,(H,24,28)(H,25,27). The Hall–Kier alpha value is -3.02. The highest BCUT2D eigenvalue weighted by Crippen LogP contribution is 2.24. The Morgan fingerprint density at radius 1 is 1.10 bits per heavy atom. The van der Waals surface area contributed by atoms with Crippen LogP contribution in [0.25, 0.3) is 0 Å². The summed E-state index contributed by atoms with van der Waals surface area (Å²) in [7, 11) is 0. The maximum absolute atomic E-state index is 12.1. The lowest BCUT2D eigenvalue weighted by molar-refractivity contribution is -0.116. The predicted molar refractivity (Wildman–Crippen MR) is 116 cm³/mol. The zero-order valence-corrected chi connectivity index (χ0v) is 17.3. The van der Waals surface area contributed by atoms with E-state index < -0.39 is 0 Å². The molecule has 0 unspecified atom stereocenters. The number of amides is 3. The molecule has 154 valence electrons. The highest BCUT2D eigenvalue weighted by Gasteiger charge is 2.20. The van der Waals surface area contributed by atoms with E-state index in [9.17, 15) is 9.59 Å². The first kappa shape index (κ1) is 20.7. The Labute approximate surface area is 172 Å². The fraction of sp³-hybridized carbons (Fsp3) is 0.391. The van der Waals surface area contributed by atoms with Gasteiger partial charge in [-0.15, -0.1) is 0 Å². The molecule has 0 bridgehead atoms. The largest absolute Gasteiger partial charge is 0.494 e. The molecule has 0 aromatic heterocycles. The molecule has 1 aliphatic rings. The summed E-state index contributed by atoms with van der Waals surface area (Å²) in [6, 6.07) is 15.3. The number of anilines is 2. The van der Waals surface area contributed by atoms with Crippen molar-refractivity contribution in [2.45, 2.75) is 39.0 Å². The maximum Gasteiger partial charge on any atom is 0.321 e. The van der Waals surface area contributed by atoms with Crippen LogP contribution in [0.3, 0.4) is 0 Å². The van der Waals surface area contributed by atoms with Crippen molar-refractivity contribution < 1.29 is 14.3 Å². The predicted octanol–water partition coefficient (Wildman–Crippen LogP) is 4.31. The van der Waals surface area contributed by atoms with Crippen LogP contribution in [-0.2, 0) is 10.2 Å². The minimum absolute atomic E-state index is 0.0525. The molecule has 1 heterocycles. The highest BCUT2D eigenvalue weighted by molar-refractivity contribution is 5.95. The second-order valence-corrected chi connectivity index (χ2v) is 8.21. The third-order valence-corrected chi connectivity index (χ3v) is 4.86. The van der Waals surface area contributed by atoms with Crippen LogP contribution in [0.2, 0.25) is 0 Å². The van der Waals surface area contributed by atoms with E-state index in [1.165, 1.54) is 5.56 Å². The molecule has 2 N–H and O–H groups in total. The molecule has 6 nitrogen and oxygen atoms in total. The fourth-order valence-corrected chi connectivity index (χ4v) is 3.14. The molecular weight excluding hydrogens is 366 g/mol. The van der Waals surface area contributed by atoms with Gasteiger partial charge in [-0.2, -0.15) is 0 Å². The van der Waals surface area contributed by atoms with Gasteiger partial charge in [0, 0.05) is 30.9 Å². The number of nitrogens with zero attached hydrogens (tertiary/aromatic N) is 1. The van der Waals surface area contributed by atoms with E-state index in [1.54, 1.807) is 4.90 Å². The van der Waals surface area contributed by atoms with Crippen LogP contribution >= 0.6 is 0 Å². The lowest BCUT2D eigenvalue weighted by Crippen LogP contribution is -2.27. The van der Waals surface area contributed by atoms with Gasteiger partial charge in [0.05, 0.1) is 6.61 Å². The van der Waals surface area contributed by atoms with Gasteiger partial charge in [0.1, 0.15) is 5.75 Å². The maximum atomic E-state index is 12.1. The Morgan fingerprint density at radius 3 is 2.38 bits per heavy atom. The van der Waals surface area contributed by atoms with Crippen molar-refractivity contribution in [1.29, 1.82) is 0 Å². The van der Waals surface area contributed by atoms with E-state index in [2.05, 4.69) is 43.5 Å². The molecule has 3 rings (SSSR count). The number of carbonyl (C=O) groups excluding carboxylic acids is 2. The first-order chi connectivity index (χ1) is 13.8. The number of hydrogen-bond acceptors (Lipinski definition) is 3. The molecule has 1 fully saturated rings. The Balaban J connectivity index is 1.39. The Kier molecular flexibility index (Phi) is 6.42. The smallest absolute Gasteiger partial charge is 0.321 e. The second-order valence-electron chi connectivity index (χ2n) is 8.21. The van der Waals surface area contributed by atoms with E-state index in [-0.39, 0.29) is 17.4 Å². The summed E-state index contributed by atoms with van der Waals surface area (Å²) in [5.74, 6) is 0.767. The van der Waals surface area contributed by atoms with Crippen LogP contribution in [0, 0.1) is 0 Å². The summed E-state index contributed by atoms with van der Waals surface area (Å²) in [4.78, 5) is 25.5. The molecule has 2 aromatic rings. The molecule has 0 spiro atoms. The third kappa shape index (κ3) is 5.73. The zero-order chi connectivity index (χ0) is 20.9. The highest BCUT2D eigenvalue weighted by atomic mass is 16.5. The van der Waals surface area contributed by atoms with Gasteiger partial charge < -0.3 is 15.4 Å². The Morgan fingerprint density at radius 2 is 1.79 bits per heavy atom. The van der Waals surface area contributed by atoms with Gasteiger partial charge in [-0.05, 0) is 53.8 Å². The van der Waals surface area contributed by atoms with E-state index in [1.807, 2.05) is 36.4 Å². The topological polar surface area (TPSA) is 70.7 Å². The molecule has 3 amide bonds. The lowest BCUT2D eigenvalue weighted by Gasteiger charge is -2.19. The first-order valence-electron chi connectivity index (χ1n) is 10.0. The summed E-state index contributed by atoms with van der Waals surface area (Å²) in [5, 5.41) is 5.65. The molecule has 0 aliphatic carbocycles. The third-order valence-electron chi connectivity index (χ3n) is 4.86. The van der Waals surface area contributed by atoms with Crippen molar-refractivity contribution in [3.8, 4) is 5.75 Å².